The van der Waals surface area contributed by atoms with Gasteiger partial charge in [0.2, 0.25) is 0 Å². The number of ketones is 1. The van der Waals surface area contributed by atoms with Crippen molar-refractivity contribution in [1.82, 2.24) is 4.90 Å². The highest BCUT2D eigenvalue weighted by Crippen LogP contribution is 2.44. The summed E-state index contributed by atoms with van der Waals surface area (Å²) >= 11 is 0. The number of carboxylic acid groups (broad SMARTS) is 1. The van der Waals surface area contributed by atoms with Gasteiger partial charge in [-0.1, -0.05) is 30.3 Å². The van der Waals surface area contributed by atoms with E-state index >= 15 is 0 Å². The highest BCUT2D eigenvalue weighted by molar-refractivity contribution is 7.95. The van der Waals surface area contributed by atoms with Crippen LogP contribution in [0.4, 0.5) is 21.9 Å². The summed E-state index contributed by atoms with van der Waals surface area (Å²) in [7, 11) is -2.61. The summed E-state index contributed by atoms with van der Waals surface area (Å²) in [6.45, 7) is -0.345. The zero-order valence-electron chi connectivity index (χ0n) is 14.6. The van der Waals surface area contributed by atoms with Crippen LogP contribution in [-0.2, 0) is 15.0 Å². The smallest absolute Gasteiger partial charge is 0.407 e. The van der Waals surface area contributed by atoms with Crippen LogP contribution in [0.5, 0.6) is 0 Å². The van der Waals surface area contributed by atoms with E-state index in [2.05, 4.69) is 0 Å². The second kappa shape index (κ2) is 7.28. The number of benzene rings is 2. The molecule has 1 aliphatic heterocycles. The van der Waals surface area contributed by atoms with Gasteiger partial charge in [0, 0.05) is 20.0 Å². The van der Waals surface area contributed by atoms with Gasteiger partial charge in [0.1, 0.15) is 0 Å². The SMILES string of the molecule is CN(CC(=O)CCN1c2ccccc2N(c2ccccc2)S1(=O)=O)C(=O)O. The van der Waals surface area contributed by atoms with Crippen molar-refractivity contribution >= 4 is 39.1 Å². The molecule has 1 aliphatic rings. The van der Waals surface area contributed by atoms with E-state index in [1.54, 1.807) is 54.6 Å². The predicted octanol–water partition coefficient (Wildman–Crippen LogP) is 2.46. The minimum atomic E-state index is -3.90. The average Bonchev–Trinajstić information content (AvgIpc) is 2.86. The standard InChI is InChI=1S/C18H19N3O5S/c1-19(18(23)24)13-15(22)11-12-20-16-9-5-6-10-17(16)21(27(20,25)26)14-7-3-2-4-8-14/h2-10H,11-13H2,1H3,(H,23,24). The number of para-hydroxylation sites is 3. The molecule has 0 aliphatic carbocycles. The number of likely N-dealkylation sites (N-methyl/N-ethyl adjacent to an activating group) is 1. The lowest BCUT2D eigenvalue weighted by Gasteiger charge is -2.22. The molecular weight excluding hydrogens is 370 g/mol. The molecule has 1 amide bonds. The molecule has 0 spiro atoms. The molecule has 0 radical (unpaired) electrons. The molecule has 3 rings (SSSR count). The molecule has 1 N–H and O–H groups in total. The molecular formula is C18H19N3O5S. The van der Waals surface area contributed by atoms with Crippen LogP contribution in [0.1, 0.15) is 6.42 Å². The quantitative estimate of drug-likeness (QED) is 0.818. The Labute approximate surface area is 157 Å². The summed E-state index contributed by atoms with van der Waals surface area (Å²) in [6, 6.07) is 15.6. The van der Waals surface area contributed by atoms with Gasteiger partial charge in [-0.3, -0.25) is 9.10 Å². The lowest BCUT2D eigenvalue weighted by atomic mass is 10.2. The predicted molar refractivity (Wildman–Crippen MR) is 102 cm³/mol. The number of anilines is 3. The number of amides is 1. The molecule has 0 bridgehead atoms. The molecule has 2 aromatic carbocycles. The molecule has 9 heteroatoms. The largest absolute Gasteiger partial charge is 0.465 e. The molecule has 0 aromatic heterocycles. The Kier molecular flexibility index (Phi) is 5.04. The minimum Gasteiger partial charge on any atom is -0.465 e. The molecule has 142 valence electrons. The fourth-order valence-corrected chi connectivity index (χ4v) is 4.62. The van der Waals surface area contributed by atoms with Crippen molar-refractivity contribution in [2.24, 2.45) is 0 Å². The average molecular weight is 389 g/mol. The number of hydrogen-bond acceptors (Lipinski definition) is 4. The highest BCUT2D eigenvalue weighted by atomic mass is 32.2. The van der Waals surface area contributed by atoms with Crippen LogP contribution in [0.3, 0.4) is 0 Å². The molecule has 0 unspecified atom stereocenters. The summed E-state index contributed by atoms with van der Waals surface area (Å²) in [4.78, 5) is 23.7. The maximum absolute atomic E-state index is 13.1. The molecule has 2 aromatic rings. The van der Waals surface area contributed by atoms with Gasteiger partial charge in [-0.25, -0.2) is 9.10 Å². The molecule has 0 atom stereocenters. The monoisotopic (exact) mass is 389 g/mol. The zero-order valence-corrected chi connectivity index (χ0v) is 15.5. The molecule has 0 fully saturated rings. The Morgan fingerprint density at radius 2 is 1.59 bits per heavy atom. The van der Waals surface area contributed by atoms with Gasteiger partial charge in [0.15, 0.2) is 5.78 Å². The Morgan fingerprint density at radius 1 is 1.00 bits per heavy atom. The lowest BCUT2D eigenvalue weighted by molar-refractivity contribution is -0.119. The Bertz CT molecular complexity index is 962. The van der Waals surface area contributed by atoms with Crippen molar-refractivity contribution in [3.63, 3.8) is 0 Å². The van der Waals surface area contributed by atoms with Gasteiger partial charge in [-0.15, -0.1) is 0 Å². The number of carbonyl (C=O) groups is 2. The number of carbonyl (C=O) groups excluding carboxylic acids is 1. The van der Waals surface area contributed by atoms with Crippen molar-refractivity contribution < 1.29 is 23.1 Å². The molecule has 8 nitrogen and oxygen atoms in total. The van der Waals surface area contributed by atoms with E-state index in [1.807, 2.05) is 0 Å². The third-order valence-corrected chi connectivity index (χ3v) is 6.01. The van der Waals surface area contributed by atoms with Crippen LogP contribution >= 0.6 is 0 Å². The highest BCUT2D eigenvalue weighted by Gasteiger charge is 2.41. The van der Waals surface area contributed by atoms with Crippen LogP contribution < -0.4 is 8.61 Å². The summed E-state index contributed by atoms with van der Waals surface area (Å²) < 4.78 is 28.7. The fourth-order valence-electron chi connectivity index (χ4n) is 2.90. The number of hydrogen-bond donors (Lipinski definition) is 1. The third kappa shape index (κ3) is 3.59. The lowest BCUT2D eigenvalue weighted by Crippen LogP contribution is -2.38. The molecule has 0 saturated carbocycles. The van der Waals surface area contributed by atoms with Gasteiger partial charge >= 0.3 is 16.3 Å². The summed E-state index contributed by atoms with van der Waals surface area (Å²) in [6.07, 6.45) is -1.30. The van der Waals surface area contributed by atoms with E-state index in [-0.39, 0.29) is 25.3 Å². The van der Waals surface area contributed by atoms with E-state index in [4.69, 9.17) is 5.11 Å². The van der Waals surface area contributed by atoms with Gasteiger partial charge < -0.3 is 10.0 Å². The van der Waals surface area contributed by atoms with Gasteiger partial charge in [-0.05, 0) is 24.3 Å². The van der Waals surface area contributed by atoms with Gasteiger partial charge in [0.05, 0.1) is 23.6 Å². The number of Topliss-reactive ketones (excluding diaryl/α,β-unsaturated/α-hetero) is 1. The number of rotatable bonds is 6. The van der Waals surface area contributed by atoms with Crippen molar-refractivity contribution in [1.29, 1.82) is 0 Å². The van der Waals surface area contributed by atoms with Crippen LogP contribution in [-0.4, -0.2) is 50.4 Å². The minimum absolute atomic E-state index is 0.0605. The van der Waals surface area contributed by atoms with E-state index in [0.29, 0.717) is 17.1 Å². The van der Waals surface area contributed by atoms with Gasteiger partial charge in [0.25, 0.3) is 0 Å². The summed E-state index contributed by atoms with van der Waals surface area (Å²) in [5.74, 6) is -0.356. The summed E-state index contributed by atoms with van der Waals surface area (Å²) in [5.41, 5.74) is 1.50. The van der Waals surface area contributed by atoms with E-state index in [9.17, 15) is 18.0 Å². The van der Waals surface area contributed by atoms with Crippen LogP contribution in [0, 0.1) is 0 Å². The first-order chi connectivity index (χ1) is 12.8. The van der Waals surface area contributed by atoms with E-state index in [0.717, 1.165) is 4.90 Å². The topological polar surface area (TPSA) is 98.2 Å². The first kappa shape index (κ1) is 18.7. The van der Waals surface area contributed by atoms with Crippen LogP contribution in [0.15, 0.2) is 54.6 Å². The zero-order chi connectivity index (χ0) is 19.6. The van der Waals surface area contributed by atoms with Crippen LogP contribution in [0.25, 0.3) is 0 Å². The van der Waals surface area contributed by atoms with Crippen molar-refractivity contribution in [2.45, 2.75) is 6.42 Å². The number of fused-ring (bicyclic) bond motifs is 1. The Morgan fingerprint density at radius 3 is 2.22 bits per heavy atom. The van der Waals surface area contributed by atoms with Crippen molar-refractivity contribution in [2.75, 3.05) is 28.7 Å². The normalized spacial score (nSPS) is 14.7. The van der Waals surface area contributed by atoms with Gasteiger partial charge in [-0.2, -0.15) is 8.42 Å². The first-order valence-corrected chi connectivity index (χ1v) is 9.65. The summed E-state index contributed by atoms with van der Waals surface area (Å²) in [5, 5.41) is 8.85. The van der Waals surface area contributed by atoms with E-state index < -0.39 is 16.3 Å². The first-order valence-electron chi connectivity index (χ1n) is 8.25. The fraction of sp³-hybridized carbons (Fsp3) is 0.222. The third-order valence-electron chi connectivity index (χ3n) is 4.20. The maximum atomic E-state index is 13.1. The molecule has 1 heterocycles. The van der Waals surface area contributed by atoms with Crippen molar-refractivity contribution in [3.05, 3.63) is 54.6 Å². The second-order valence-electron chi connectivity index (χ2n) is 6.10. The molecule has 27 heavy (non-hydrogen) atoms. The Hall–Kier alpha value is -3.07. The second-order valence-corrected chi connectivity index (χ2v) is 7.80. The van der Waals surface area contributed by atoms with E-state index in [1.165, 1.54) is 15.7 Å². The van der Waals surface area contributed by atoms with Crippen LogP contribution in [0.2, 0.25) is 0 Å². The number of nitrogens with zero attached hydrogens (tertiary/aromatic N) is 3. The van der Waals surface area contributed by atoms with Crippen molar-refractivity contribution in [3.8, 4) is 0 Å². The Balaban J connectivity index is 1.86. The maximum Gasteiger partial charge on any atom is 0.407 e. The molecule has 0 saturated heterocycles.